The molecule has 17 heavy (non-hydrogen) atoms. The largest absolute Gasteiger partial charge is 0.261 e. The smallest absolute Gasteiger partial charge is 0.139 e. The number of nitriles is 1. The molecule has 2 aromatic heterocycles. The molecule has 5 heteroatoms. The number of hydrogen-bond donors (Lipinski definition) is 0. The zero-order chi connectivity index (χ0) is 12.3. The first-order valence-electron chi connectivity index (χ1n) is 5.45. The Bertz CT molecular complexity index is 536. The predicted molar refractivity (Wildman–Crippen MR) is 62.8 cm³/mol. The first-order valence-corrected chi connectivity index (χ1v) is 5.45. The monoisotopic (exact) mass is 227 g/mol. The minimum atomic E-state index is 0.441. The average Bonchev–Trinajstić information content (AvgIpc) is 2.72. The maximum Gasteiger partial charge on any atom is 0.139 e. The van der Waals surface area contributed by atoms with Crippen LogP contribution in [0.4, 0.5) is 0 Å². The van der Waals surface area contributed by atoms with E-state index in [-0.39, 0.29) is 0 Å². The van der Waals surface area contributed by atoms with Gasteiger partial charge in [-0.3, -0.25) is 14.6 Å². The van der Waals surface area contributed by atoms with Gasteiger partial charge >= 0.3 is 0 Å². The van der Waals surface area contributed by atoms with Crippen LogP contribution >= 0.6 is 0 Å². The van der Waals surface area contributed by atoms with E-state index in [0.717, 1.165) is 6.54 Å². The van der Waals surface area contributed by atoms with E-state index in [1.165, 1.54) is 0 Å². The molecule has 0 aliphatic rings. The topological polar surface area (TPSA) is 67.4 Å². The third kappa shape index (κ3) is 2.48. The van der Waals surface area contributed by atoms with Crippen LogP contribution in [0, 0.1) is 17.2 Å². The highest BCUT2D eigenvalue weighted by Crippen LogP contribution is 2.16. The first-order chi connectivity index (χ1) is 8.20. The zero-order valence-electron chi connectivity index (χ0n) is 9.83. The van der Waals surface area contributed by atoms with Gasteiger partial charge in [0.05, 0.1) is 6.20 Å². The van der Waals surface area contributed by atoms with Gasteiger partial charge in [0.1, 0.15) is 23.2 Å². The van der Waals surface area contributed by atoms with Crippen LogP contribution in [-0.4, -0.2) is 19.7 Å². The van der Waals surface area contributed by atoms with Crippen molar-refractivity contribution >= 4 is 0 Å². The van der Waals surface area contributed by atoms with E-state index >= 15 is 0 Å². The van der Waals surface area contributed by atoms with E-state index in [9.17, 15) is 0 Å². The highest BCUT2D eigenvalue weighted by atomic mass is 15.3. The SMILES string of the molecule is CC(C)Cn1nc(-c2cnccn2)cc1C#N. The van der Waals surface area contributed by atoms with Crippen molar-refractivity contribution in [2.45, 2.75) is 20.4 Å². The quantitative estimate of drug-likeness (QED) is 0.802. The molecular weight excluding hydrogens is 214 g/mol. The van der Waals surface area contributed by atoms with Gasteiger partial charge in [-0.1, -0.05) is 13.8 Å². The third-order valence-electron chi connectivity index (χ3n) is 2.26. The van der Waals surface area contributed by atoms with Crippen LogP contribution in [-0.2, 0) is 6.54 Å². The van der Waals surface area contributed by atoms with E-state index in [2.05, 4.69) is 35.0 Å². The van der Waals surface area contributed by atoms with Crippen LogP contribution in [0.3, 0.4) is 0 Å². The van der Waals surface area contributed by atoms with Crippen molar-refractivity contribution < 1.29 is 0 Å². The Balaban J connectivity index is 2.39. The Morgan fingerprint density at radius 2 is 2.18 bits per heavy atom. The molecule has 0 amide bonds. The molecule has 0 saturated heterocycles. The van der Waals surface area contributed by atoms with Gasteiger partial charge in [-0.2, -0.15) is 10.4 Å². The molecule has 2 heterocycles. The zero-order valence-corrected chi connectivity index (χ0v) is 9.83. The lowest BCUT2D eigenvalue weighted by molar-refractivity contribution is 0.480. The summed E-state index contributed by atoms with van der Waals surface area (Å²) >= 11 is 0. The van der Waals surface area contributed by atoms with Crippen LogP contribution in [0.5, 0.6) is 0 Å². The number of hydrogen-bond acceptors (Lipinski definition) is 4. The molecule has 0 radical (unpaired) electrons. The van der Waals surface area contributed by atoms with Gasteiger partial charge in [-0.15, -0.1) is 0 Å². The molecule has 0 atom stereocenters. The number of nitrogens with zero attached hydrogens (tertiary/aromatic N) is 5. The van der Waals surface area contributed by atoms with Crippen molar-refractivity contribution in [2.24, 2.45) is 5.92 Å². The molecule has 2 aromatic rings. The van der Waals surface area contributed by atoms with Gasteiger partial charge in [0.25, 0.3) is 0 Å². The number of rotatable bonds is 3. The Morgan fingerprint density at radius 3 is 2.76 bits per heavy atom. The van der Waals surface area contributed by atoms with E-state index in [1.54, 1.807) is 29.3 Å². The van der Waals surface area contributed by atoms with Crippen LogP contribution in [0.1, 0.15) is 19.5 Å². The maximum absolute atomic E-state index is 9.04. The second-order valence-electron chi connectivity index (χ2n) is 4.19. The van der Waals surface area contributed by atoms with Crippen molar-refractivity contribution in [3.63, 3.8) is 0 Å². The summed E-state index contributed by atoms with van der Waals surface area (Å²) in [6, 6.07) is 3.89. The van der Waals surface area contributed by atoms with E-state index in [1.807, 2.05) is 0 Å². The molecule has 5 nitrogen and oxygen atoms in total. The lowest BCUT2D eigenvalue weighted by Gasteiger charge is -2.05. The summed E-state index contributed by atoms with van der Waals surface area (Å²) in [7, 11) is 0. The molecule has 86 valence electrons. The fourth-order valence-corrected chi connectivity index (χ4v) is 1.55. The normalized spacial score (nSPS) is 10.5. The highest BCUT2D eigenvalue weighted by molar-refractivity contribution is 5.54. The van der Waals surface area contributed by atoms with Crippen molar-refractivity contribution in [1.82, 2.24) is 19.7 Å². The lowest BCUT2D eigenvalue weighted by Crippen LogP contribution is -2.08. The summed E-state index contributed by atoms with van der Waals surface area (Å²) in [5.74, 6) is 0.441. The third-order valence-corrected chi connectivity index (χ3v) is 2.26. The molecule has 0 aliphatic carbocycles. The Hall–Kier alpha value is -2.22. The summed E-state index contributed by atoms with van der Waals surface area (Å²) in [6.07, 6.45) is 4.87. The van der Waals surface area contributed by atoms with Crippen LogP contribution in [0.2, 0.25) is 0 Å². The van der Waals surface area contributed by atoms with Crippen molar-refractivity contribution in [3.8, 4) is 17.5 Å². The van der Waals surface area contributed by atoms with Gasteiger partial charge < -0.3 is 0 Å². The lowest BCUT2D eigenvalue weighted by atomic mass is 10.2. The van der Waals surface area contributed by atoms with E-state index < -0.39 is 0 Å². The van der Waals surface area contributed by atoms with Gasteiger partial charge in [-0.25, -0.2) is 0 Å². The minimum Gasteiger partial charge on any atom is -0.261 e. The molecule has 0 aromatic carbocycles. The van der Waals surface area contributed by atoms with Crippen molar-refractivity contribution in [1.29, 1.82) is 5.26 Å². The van der Waals surface area contributed by atoms with E-state index in [0.29, 0.717) is 23.0 Å². The van der Waals surface area contributed by atoms with Crippen LogP contribution < -0.4 is 0 Å². The standard InChI is InChI=1S/C12H13N5/c1-9(2)8-17-10(6-13)5-11(16-17)12-7-14-3-4-15-12/h3-5,7,9H,8H2,1-2H3. The van der Waals surface area contributed by atoms with Gasteiger partial charge in [0.15, 0.2) is 0 Å². The molecule has 0 unspecified atom stereocenters. The molecule has 0 saturated carbocycles. The molecule has 0 spiro atoms. The summed E-state index contributed by atoms with van der Waals surface area (Å²) in [5, 5.41) is 13.4. The van der Waals surface area contributed by atoms with Crippen LogP contribution in [0.15, 0.2) is 24.7 Å². The highest BCUT2D eigenvalue weighted by Gasteiger charge is 2.10. The molecule has 0 fully saturated rings. The second-order valence-corrected chi connectivity index (χ2v) is 4.19. The predicted octanol–water partition coefficient (Wildman–Crippen LogP) is 1.87. The van der Waals surface area contributed by atoms with Gasteiger partial charge in [0.2, 0.25) is 0 Å². The molecule has 0 bridgehead atoms. The molecule has 0 N–H and O–H groups in total. The summed E-state index contributed by atoms with van der Waals surface area (Å²) < 4.78 is 1.72. The minimum absolute atomic E-state index is 0.441. The second kappa shape index (κ2) is 4.74. The maximum atomic E-state index is 9.04. The fraction of sp³-hybridized carbons (Fsp3) is 0.333. The molecule has 2 rings (SSSR count). The van der Waals surface area contributed by atoms with Crippen molar-refractivity contribution in [2.75, 3.05) is 0 Å². The number of aromatic nitrogens is 4. The first kappa shape index (κ1) is 11.3. The summed E-state index contributed by atoms with van der Waals surface area (Å²) in [5.41, 5.74) is 1.93. The van der Waals surface area contributed by atoms with Gasteiger partial charge in [-0.05, 0) is 5.92 Å². The molecular formula is C12H13N5. The Labute approximate surface area is 99.8 Å². The van der Waals surface area contributed by atoms with Crippen LogP contribution in [0.25, 0.3) is 11.4 Å². The summed E-state index contributed by atoms with van der Waals surface area (Å²) in [4.78, 5) is 8.16. The molecule has 0 aliphatic heterocycles. The Morgan fingerprint density at radius 1 is 1.35 bits per heavy atom. The van der Waals surface area contributed by atoms with Gasteiger partial charge in [0, 0.05) is 25.0 Å². The Kier molecular flexibility index (Phi) is 3.15. The summed E-state index contributed by atoms with van der Waals surface area (Å²) in [6.45, 7) is 4.90. The van der Waals surface area contributed by atoms with E-state index in [4.69, 9.17) is 5.26 Å². The fourth-order valence-electron chi connectivity index (χ4n) is 1.55. The van der Waals surface area contributed by atoms with Crippen molar-refractivity contribution in [3.05, 3.63) is 30.4 Å². The average molecular weight is 227 g/mol.